The molecule has 1 aromatic heterocycles. The van der Waals surface area contributed by atoms with Gasteiger partial charge in [0.15, 0.2) is 0 Å². The average Bonchev–Trinajstić information content (AvgIpc) is 2.96. The van der Waals surface area contributed by atoms with Crippen molar-refractivity contribution in [2.24, 2.45) is 5.73 Å². The Morgan fingerprint density at radius 3 is 3.00 bits per heavy atom. The van der Waals surface area contributed by atoms with Gasteiger partial charge in [-0.2, -0.15) is 0 Å². The number of aromatic nitrogens is 1. The normalized spacial score (nSPS) is 16.0. The molecule has 1 aromatic carbocycles. The lowest BCUT2D eigenvalue weighted by atomic mass is 10.1. The molecule has 1 unspecified atom stereocenters. The van der Waals surface area contributed by atoms with Crippen LogP contribution in [0.2, 0.25) is 5.02 Å². The van der Waals surface area contributed by atoms with Crippen LogP contribution in [-0.2, 0) is 4.79 Å². The number of rotatable bonds is 6. The van der Waals surface area contributed by atoms with Crippen LogP contribution >= 0.6 is 11.6 Å². The number of hydrogen-bond donors (Lipinski definition) is 2. The Morgan fingerprint density at radius 2 is 2.29 bits per heavy atom. The first-order valence-electron chi connectivity index (χ1n) is 8.42. The zero-order valence-corrected chi connectivity index (χ0v) is 14.6. The van der Waals surface area contributed by atoms with Crippen molar-refractivity contribution in [2.45, 2.75) is 32.2 Å². The van der Waals surface area contributed by atoms with Crippen LogP contribution in [0.15, 0.2) is 24.3 Å². The van der Waals surface area contributed by atoms with E-state index in [4.69, 9.17) is 17.3 Å². The van der Waals surface area contributed by atoms with Gasteiger partial charge in [-0.15, -0.1) is 0 Å². The van der Waals surface area contributed by atoms with Crippen LogP contribution < -0.4 is 11.1 Å². The number of nitrogens with two attached hydrogens (primary N) is 1. The summed E-state index contributed by atoms with van der Waals surface area (Å²) in [7, 11) is 0. The fourth-order valence-electron chi connectivity index (χ4n) is 3.08. The Bertz CT molecular complexity index is 747. The van der Waals surface area contributed by atoms with Crippen LogP contribution in [0.4, 0.5) is 5.82 Å². The molecule has 0 spiro atoms. The largest absolute Gasteiger partial charge is 0.370 e. The fraction of sp³-hybridized carbons (Fsp3) is 0.444. The SMILES string of the molecule is CC(N)c1cc2cccc(Cl)c2nc1NCCCN1CCCC1=O. The van der Waals surface area contributed by atoms with Gasteiger partial charge < -0.3 is 16.0 Å². The standard InChI is InChI=1S/C18H23ClN4O/c1-12(20)14-11-13-5-2-6-15(19)17(13)22-18(14)21-8-4-10-23-9-3-7-16(23)24/h2,5-6,11-12H,3-4,7-10,20H2,1H3,(H,21,22). The number of hydrogen-bond acceptors (Lipinski definition) is 4. The highest BCUT2D eigenvalue weighted by Crippen LogP contribution is 2.28. The maximum absolute atomic E-state index is 11.6. The number of amides is 1. The van der Waals surface area contributed by atoms with E-state index in [1.165, 1.54) is 0 Å². The molecule has 1 atom stereocenters. The molecule has 0 radical (unpaired) electrons. The number of para-hydroxylation sites is 1. The van der Waals surface area contributed by atoms with E-state index in [1.807, 2.05) is 36.1 Å². The van der Waals surface area contributed by atoms with Crippen LogP contribution in [0.1, 0.15) is 37.8 Å². The summed E-state index contributed by atoms with van der Waals surface area (Å²) >= 11 is 6.26. The molecular formula is C18H23ClN4O. The first-order valence-corrected chi connectivity index (χ1v) is 8.80. The van der Waals surface area contributed by atoms with Crippen LogP contribution in [-0.4, -0.2) is 35.4 Å². The van der Waals surface area contributed by atoms with E-state index in [2.05, 4.69) is 10.3 Å². The van der Waals surface area contributed by atoms with Crippen molar-refractivity contribution in [1.82, 2.24) is 9.88 Å². The predicted molar refractivity (Wildman–Crippen MR) is 98.3 cm³/mol. The van der Waals surface area contributed by atoms with Crippen LogP contribution in [0, 0.1) is 0 Å². The highest BCUT2D eigenvalue weighted by molar-refractivity contribution is 6.35. The molecule has 6 heteroatoms. The summed E-state index contributed by atoms with van der Waals surface area (Å²) in [6.07, 6.45) is 2.55. The number of nitrogens with one attached hydrogen (secondary N) is 1. The molecule has 2 heterocycles. The topological polar surface area (TPSA) is 71.2 Å². The number of nitrogens with zero attached hydrogens (tertiary/aromatic N) is 2. The maximum atomic E-state index is 11.6. The highest BCUT2D eigenvalue weighted by Gasteiger charge is 2.19. The van der Waals surface area contributed by atoms with E-state index < -0.39 is 0 Å². The van der Waals surface area contributed by atoms with Crippen LogP contribution in [0.3, 0.4) is 0 Å². The van der Waals surface area contributed by atoms with Gasteiger partial charge in [0.25, 0.3) is 0 Å². The van der Waals surface area contributed by atoms with E-state index >= 15 is 0 Å². The molecule has 1 saturated heterocycles. The number of halogens is 1. The van der Waals surface area contributed by atoms with Gasteiger partial charge >= 0.3 is 0 Å². The minimum Gasteiger partial charge on any atom is -0.370 e. The molecule has 24 heavy (non-hydrogen) atoms. The molecule has 3 N–H and O–H groups in total. The van der Waals surface area contributed by atoms with Crippen molar-refractivity contribution in [3.05, 3.63) is 34.9 Å². The Hall–Kier alpha value is -1.85. The molecule has 1 aliphatic heterocycles. The summed E-state index contributed by atoms with van der Waals surface area (Å²) in [4.78, 5) is 18.2. The van der Waals surface area contributed by atoms with Crippen LogP contribution in [0.25, 0.3) is 10.9 Å². The smallest absolute Gasteiger partial charge is 0.222 e. The van der Waals surface area contributed by atoms with E-state index in [0.717, 1.165) is 54.8 Å². The molecule has 1 aliphatic rings. The summed E-state index contributed by atoms with van der Waals surface area (Å²) in [6, 6.07) is 7.67. The van der Waals surface area contributed by atoms with Gasteiger partial charge in [-0.3, -0.25) is 4.79 Å². The quantitative estimate of drug-likeness (QED) is 0.787. The Kier molecular flexibility index (Phi) is 5.21. The minimum atomic E-state index is -0.122. The predicted octanol–water partition coefficient (Wildman–Crippen LogP) is 3.33. The van der Waals surface area contributed by atoms with E-state index in [-0.39, 0.29) is 11.9 Å². The second-order valence-electron chi connectivity index (χ2n) is 6.29. The Morgan fingerprint density at radius 1 is 1.46 bits per heavy atom. The first kappa shape index (κ1) is 17.0. The number of pyridine rings is 1. The van der Waals surface area contributed by atoms with Crippen molar-refractivity contribution in [3.63, 3.8) is 0 Å². The van der Waals surface area contributed by atoms with Gasteiger partial charge in [-0.05, 0) is 31.9 Å². The number of benzene rings is 1. The van der Waals surface area contributed by atoms with Crippen LogP contribution in [0.5, 0.6) is 0 Å². The molecule has 2 aromatic rings. The number of carbonyl (C=O) groups is 1. The van der Waals surface area contributed by atoms with Crippen molar-refractivity contribution in [2.75, 3.05) is 25.0 Å². The number of carbonyl (C=O) groups excluding carboxylic acids is 1. The summed E-state index contributed by atoms with van der Waals surface area (Å²) in [5.41, 5.74) is 7.85. The summed E-state index contributed by atoms with van der Waals surface area (Å²) in [6.45, 7) is 4.36. The van der Waals surface area contributed by atoms with Crippen molar-refractivity contribution >= 4 is 34.2 Å². The van der Waals surface area contributed by atoms with E-state index in [0.29, 0.717) is 11.4 Å². The number of likely N-dealkylation sites (tertiary alicyclic amines) is 1. The zero-order valence-electron chi connectivity index (χ0n) is 13.9. The van der Waals surface area contributed by atoms with Crippen molar-refractivity contribution < 1.29 is 4.79 Å². The van der Waals surface area contributed by atoms with Crippen molar-refractivity contribution in [1.29, 1.82) is 0 Å². The molecular weight excluding hydrogens is 324 g/mol. The number of fused-ring (bicyclic) bond motifs is 1. The summed E-state index contributed by atoms with van der Waals surface area (Å²) < 4.78 is 0. The first-order chi connectivity index (χ1) is 11.6. The Balaban J connectivity index is 1.71. The zero-order chi connectivity index (χ0) is 17.1. The molecule has 128 valence electrons. The van der Waals surface area contributed by atoms with Gasteiger partial charge in [-0.1, -0.05) is 23.7 Å². The summed E-state index contributed by atoms with van der Waals surface area (Å²) in [5.74, 6) is 1.04. The van der Waals surface area contributed by atoms with Gasteiger partial charge in [0.2, 0.25) is 5.91 Å². The lowest BCUT2D eigenvalue weighted by Gasteiger charge is -2.18. The lowest BCUT2D eigenvalue weighted by molar-refractivity contribution is -0.127. The van der Waals surface area contributed by atoms with E-state index in [1.54, 1.807) is 0 Å². The van der Waals surface area contributed by atoms with Crippen molar-refractivity contribution in [3.8, 4) is 0 Å². The van der Waals surface area contributed by atoms with Gasteiger partial charge in [0, 0.05) is 43.0 Å². The summed E-state index contributed by atoms with van der Waals surface area (Å²) in [5, 5.41) is 4.99. The molecule has 1 amide bonds. The lowest BCUT2D eigenvalue weighted by Crippen LogP contribution is -2.27. The fourth-order valence-corrected chi connectivity index (χ4v) is 3.31. The molecule has 1 fully saturated rings. The average molecular weight is 347 g/mol. The molecule has 3 rings (SSSR count). The van der Waals surface area contributed by atoms with E-state index in [9.17, 15) is 4.79 Å². The third-order valence-corrected chi connectivity index (χ3v) is 4.69. The molecule has 0 saturated carbocycles. The maximum Gasteiger partial charge on any atom is 0.222 e. The van der Waals surface area contributed by atoms with Gasteiger partial charge in [0.1, 0.15) is 5.82 Å². The second kappa shape index (κ2) is 7.36. The molecule has 0 aliphatic carbocycles. The minimum absolute atomic E-state index is 0.122. The third kappa shape index (κ3) is 3.62. The highest BCUT2D eigenvalue weighted by atomic mass is 35.5. The molecule has 5 nitrogen and oxygen atoms in total. The molecule has 0 bridgehead atoms. The monoisotopic (exact) mass is 346 g/mol. The number of anilines is 1. The van der Waals surface area contributed by atoms with Gasteiger partial charge in [0.05, 0.1) is 10.5 Å². The third-order valence-electron chi connectivity index (χ3n) is 4.39. The Labute approximate surface area is 147 Å². The van der Waals surface area contributed by atoms with Gasteiger partial charge in [-0.25, -0.2) is 4.98 Å². The second-order valence-corrected chi connectivity index (χ2v) is 6.70.